The lowest BCUT2D eigenvalue weighted by Gasteiger charge is -2.04. The highest BCUT2D eigenvalue weighted by Crippen LogP contribution is 2.27. The first-order valence-electron chi connectivity index (χ1n) is 5.69. The van der Waals surface area contributed by atoms with Crippen molar-refractivity contribution in [1.82, 2.24) is 29.4 Å². The molecule has 0 N–H and O–H groups in total. The number of aryl methyl sites for hydroxylation is 1. The molecule has 0 aliphatic rings. The Labute approximate surface area is 113 Å². The zero-order valence-corrected chi connectivity index (χ0v) is 10.9. The number of rotatable bonds is 4. The predicted octanol–water partition coefficient (Wildman–Crippen LogP) is 1.36. The van der Waals surface area contributed by atoms with Gasteiger partial charge in [-0.2, -0.15) is 10.2 Å². The summed E-state index contributed by atoms with van der Waals surface area (Å²) in [6, 6.07) is 0. The van der Waals surface area contributed by atoms with Gasteiger partial charge >= 0.3 is 0 Å². The summed E-state index contributed by atoms with van der Waals surface area (Å²) in [5, 5.41) is 8.51. The molecule has 98 valence electrons. The molecule has 0 radical (unpaired) electrons. The number of fused-ring (bicyclic) bond motifs is 1. The second kappa shape index (κ2) is 4.85. The monoisotopic (exact) mass is 278 g/mol. The van der Waals surface area contributed by atoms with Crippen molar-refractivity contribution in [2.24, 2.45) is 0 Å². The van der Waals surface area contributed by atoms with Gasteiger partial charge in [0.25, 0.3) is 0 Å². The Morgan fingerprint density at radius 1 is 1.32 bits per heavy atom. The molecule has 19 heavy (non-hydrogen) atoms. The van der Waals surface area contributed by atoms with Gasteiger partial charge in [-0.25, -0.2) is 19.2 Å². The summed E-state index contributed by atoms with van der Waals surface area (Å²) in [5.74, 6) is 0.738. The third-order valence-electron chi connectivity index (χ3n) is 2.78. The smallest absolute Gasteiger partial charge is 0.157 e. The fourth-order valence-electron chi connectivity index (χ4n) is 1.84. The Balaban J connectivity index is 1.78. The third-order valence-corrected chi connectivity index (χ3v) is 3.06. The van der Waals surface area contributed by atoms with Crippen LogP contribution in [-0.4, -0.2) is 36.0 Å². The first-order valence-corrected chi connectivity index (χ1v) is 6.07. The largest absolute Gasteiger partial charge is 0.490 e. The molecule has 3 rings (SSSR count). The molecule has 7 nitrogen and oxygen atoms in total. The van der Waals surface area contributed by atoms with Gasteiger partial charge in [0.15, 0.2) is 5.15 Å². The normalized spacial score (nSPS) is 11.1. The van der Waals surface area contributed by atoms with Crippen LogP contribution >= 0.6 is 11.6 Å². The molecule has 0 amide bonds. The van der Waals surface area contributed by atoms with Crippen LogP contribution in [0.4, 0.5) is 0 Å². The lowest BCUT2D eigenvalue weighted by atomic mass is 10.3. The quantitative estimate of drug-likeness (QED) is 0.721. The number of hydrogen-bond acceptors (Lipinski definition) is 5. The van der Waals surface area contributed by atoms with Crippen LogP contribution < -0.4 is 4.74 Å². The highest BCUT2D eigenvalue weighted by atomic mass is 35.5. The molecule has 0 bridgehead atoms. The summed E-state index contributed by atoms with van der Waals surface area (Å²) in [6.45, 7) is 3.05. The van der Waals surface area contributed by atoms with E-state index in [1.807, 2.05) is 6.92 Å². The van der Waals surface area contributed by atoms with E-state index < -0.39 is 0 Å². The van der Waals surface area contributed by atoms with Crippen molar-refractivity contribution in [3.63, 3.8) is 0 Å². The summed E-state index contributed by atoms with van der Waals surface area (Å²) < 4.78 is 9.08. The average molecular weight is 279 g/mol. The number of aromatic nitrogens is 6. The fraction of sp³-hybridized carbons (Fsp3) is 0.273. The molecule has 0 aliphatic heterocycles. The van der Waals surface area contributed by atoms with Gasteiger partial charge in [0, 0.05) is 5.56 Å². The van der Waals surface area contributed by atoms with Crippen LogP contribution in [-0.2, 0) is 6.54 Å². The van der Waals surface area contributed by atoms with Crippen LogP contribution in [0.2, 0.25) is 5.15 Å². The van der Waals surface area contributed by atoms with E-state index in [1.54, 1.807) is 21.7 Å². The number of ether oxygens (including phenoxy) is 1. The van der Waals surface area contributed by atoms with Gasteiger partial charge in [-0.15, -0.1) is 0 Å². The molecule has 0 saturated carbocycles. The molecule has 0 unspecified atom stereocenters. The first kappa shape index (κ1) is 11.9. The summed E-state index contributed by atoms with van der Waals surface area (Å²) in [7, 11) is 0. The third kappa shape index (κ3) is 2.24. The second-order valence-electron chi connectivity index (χ2n) is 3.97. The van der Waals surface area contributed by atoms with E-state index in [-0.39, 0.29) is 0 Å². The van der Waals surface area contributed by atoms with Gasteiger partial charge in [-0.1, -0.05) is 11.6 Å². The highest BCUT2D eigenvalue weighted by Gasteiger charge is 2.12. The van der Waals surface area contributed by atoms with Crippen LogP contribution in [0.5, 0.6) is 5.75 Å². The first-order chi connectivity index (χ1) is 9.25. The minimum absolute atomic E-state index is 0.415. The van der Waals surface area contributed by atoms with Crippen molar-refractivity contribution in [2.45, 2.75) is 13.5 Å². The summed E-state index contributed by atoms with van der Waals surface area (Å²) in [5.41, 5.74) is 1.68. The zero-order chi connectivity index (χ0) is 13.2. The molecule has 0 fully saturated rings. The number of halogens is 1. The Bertz CT molecular complexity index is 693. The Hall–Kier alpha value is -2.15. The molecule has 3 aromatic rings. The van der Waals surface area contributed by atoms with Crippen molar-refractivity contribution < 1.29 is 4.74 Å². The molecule has 8 heteroatoms. The zero-order valence-electron chi connectivity index (χ0n) is 10.2. The van der Waals surface area contributed by atoms with E-state index >= 15 is 0 Å². The predicted molar refractivity (Wildman–Crippen MR) is 68.3 cm³/mol. The van der Waals surface area contributed by atoms with E-state index in [9.17, 15) is 0 Å². The van der Waals surface area contributed by atoms with Crippen molar-refractivity contribution in [1.29, 1.82) is 0 Å². The molecule has 3 heterocycles. The molecule has 0 spiro atoms. The minimum atomic E-state index is 0.415. The van der Waals surface area contributed by atoms with E-state index in [0.29, 0.717) is 18.3 Å². The van der Waals surface area contributed by atoms with Crippen LogP contribution in [0, 0.1) is 6.92 Å². The van der Waals surface area contributed by atoms with E-state index in [0.717, 1.165) is 16.8 Å². The van der Waals surface area contributed by atoms with Gasteiger partial charge in [0.05, 0.1) is 12.7 Å². The maximum absolute atomic E-state index is 6.04. The Morgan fingerprint density at radius 2 is 2.21 bits per heavy atom. The van der Waals surface area contributed by atoms with Crippen molar-refractivity contribution in [2.75, 3.05) is 6.61 Å². The lowest BCUT2D eigenvalue weighted by molar-refractivity contribution is 0.289. The van der Waals surface area contributed by atoms with Crippen molar-refractivity contribution in [3.8, 4) is 5.75 Å². The maximum Gasteiger partial charge on any atom is 0.157 e. The van der Waals surface area contributed by atoms with E-state index in [1.165, 1.54) is 12.7 Å². The average Bonchev–Trinajstić information content (AvgIpc) is 3.00. The van der Waals surface area contributed by atoms with Crippen molar-refractivity contribution in [3.05, 3.63) is 35.9 Å². The van der Waals surface area contributed by atoms with Crippen LogP contribution in [0.1, 0.15) is 5.56 Å². The van der Waals surface area contributed by atoms with Gasteiger partial charge in [-0.05, 0) is 6.92 Å². The summed E-state index contributed by atoms with van der Waals surface area (Å²) in [4.78, 5) is 7.83. The van der Waals surface area contributed by atoms with Gasteiger partial charge in [-0.3, -0.25) is 0 Å². The summed E-state index contributed by atoms with van der Waals surface area (Å²) in [6.07, 6.45) is 6.34. The molecular formula is C11H11ClN6O. The van der Waals surface area contributed by atoms with Crippen LogP contribution in [0.3, 0.4) is 0 Å². The standard InChI is InChI=1S/C11H11ClN6O/c1-8-9(19-3-2-17-7-13-5-15-17)4-18-10(8)11(12)14-6-16-18/h4-7H,2-3H2,1H3. The topological polar surface area (TPSA) is 70.1 Å². The molecule has 0 aromatic carbocycles. The molecule has 0 atom stereocenters. The summed E-state index contributed by atoms with van der Waals surface area (Å²) >= 11 is 6.04. The van der Waals surface area contributed by atoms with Gasteiger partial charge < -0.3 is 4.74 Å². The van der Waals surface area contributed by atoms with Crippen LogP contribution in [0.15, 0.2) is 25.2 Å². The lowest BCUT2D eigenvalue weighted by Crippen LogP contribution is -2.08. The maximum atomic E-state index is 6.04. The van der Waals surface area contributed by atoms with Crippen LogP contribution in [0.25, 0.3) is 5.52 Å². The molecule has 0 saturated heterocycles. The SMILES string of the molecule is Cc1c(OCCn2cncn2)cn2ncnc(Cl)c12. The Morgan fingerprint density at radius 3 is 2.95 bits per heavy atom. The van der Waals surface area contributed by atoms with E-state index in [2.05, 4.69) is 20.2 Å². The number of hydrogen-bond donors (Lipinski definition) is 0. The highest BCUT2D eigenvalue weighted by molar-refractivity contribution is 6.32. The number of nitrogens with zero attached hydrogens (tertiary/aromatic N) is 6. The fourth-order valence-corrected chi connectivity index (χ4v) is 2.11. The minimum Gasteiger partial charge on any atom is -0.490 e. The van der Waals surface area contributed by atoms with Gasteiger partial charge in [0.2, 0.25) is 0 Å². The molecule has 3 aromatic heterocycles. The Kier molecular flexibility index (Phi) is 3.04. The van der Waals surface area contributed by atoms with Crippen molar-refractivity contribution >= 4 is 17.1 Å². The molecular weight excluding hydrogens is 268 g/mol. The van der Waals surface area contributed by atoms with Gasteiger partial charge in [0.1, 0.15) is 36.9 Å². The van der Waals surface area contributed by atoms with E-state index in [4.69, 9.17) is 16.3 Å². The molecule has 0 aliphatic carbocycles. The second-order valence-corrected chi connectivity index (χ2v) is 4.33.